The summed E-state index contributed by atoms with van der Waals surface area (Å²) in [5.74, 6) is -0.890. The van der Waals surface area contributed by atoms with E-state index in [1.807, 2.05) is 0 Å². The number of carbonyl (C=O) groups is 3. The van der Waals surface area contributed by atoms with E-state index in [0.29, 0.717) is 19.3 Å². The maximum absolute atomic E-state index is 12.9. The molecule has 0 rings (SSSR count). The molecule has 0 amide bonds. The lowest BCUT2D eigenvalue weighted by Crippen LogP contribution is -2.30. The summed E-state index contributed by atoms with van der Waals surface area (Å²) < 4.78 is 16.9. The van der Waals surface area contributed by atoms with Crippen LogP contribution in [0.5, 0.6) is 0 Å². The number of esters is 3. The van der Waals surface area contributed by atoms with Gasteiger partial charge < -0.3 is 14.2 Å². The summed E-state index contributed by atoms with van der Waals surface area (Å²) in [6.45, 7) is 6.53. The molecule has 0 saturated heterocycles. The molecular formula is C74H130O6. The van der Waals surface area contributed by atoms with Gasteiger partial charge in [-0.05, 0) is 96.3 Å². The molecule has 0 aromatic heterocycles. The second-order valence-electron chi connectivity index (χ2n) is 23.1. The van der Waals surface area contributed by atoms with Gasteiger partial charge in [0.2, 0.25) is 0 Å². The summed E-state index contributed by atoms with van der Waals surface area (Å²) in [4.78, 5) is 38.3. The van der Waals surface area contributed by atoms with Crippen LogP contribution in [-0.2, 0) is 28.6 Å². The van der Waals surface area contributed by atoms with Crippen LogP contribution in [-0.4, -0.2) is 37.2 Å². The molecule has 0 aliphatic carbocycles. The van der Waals surface area contributed by atoms with Gasteiger partial charge in [-0.15, -0.1) is 0 Å². The first-order chi connectivity index (χ1) is 39.5. The number of carbonyl (C=O) groups excluding carboxylic acids is 3. The second kappa shape index (κ2) is 68.1. The van der Waals surface area contributed by atoms with Crippen LogP contribution in [0.1, 0.15) is 348 Å². The molecule has 1 unspecified atom stereocenters. The highest BCUT2D eigenvalue weighted by molar-refractivity contribution is 5.71. The first kappa shape index (κ1) is 76.6. The molecule has 1 atom stereocenters. The van der Waals surface area contributed by atoms with Crippen molar-refractivity contribution in [2.75, 3.05) is 13.2 Å². The number of unbranched alkanes of at least 4 members (excludes halogenated alkanes) is 38. The molecule has 0 bridgehead atoms. The topological polar surface area (TPSA) is 78.9 Å². The molecule has 0 aromatic rings. The predicted molar refractivity (Wildman–Crippen MR) is 348 cm³/mol. The fourth-order valence-corrected chi connectivity index (χ4v) is 9.97. The molecule has 0 spiro atoms. The Morgan fingerprint density at radius 3 is 0.762 bits per heavy atom. The molecule has 0 fully saturated rings. The van der Waals surface area contributed by atoms with Crippen molar-refractivity contribution in [3.63, 3.8) is 0 Å². The van der Waals surface area contributed by atoms with E-state index in [1.165, 1.54) is 199 Å². The van der Waals surface area contributed by atoms with Crippen LogP contribution in [0.4, 0.5) is 0 Å². The number of hydrogen-bond donors (Lipinski definition) is 0. The average Bonchev–Trinajstić information content (AvgIpc) is 3.46. The standard InChI is InChI=1S/C74H130O6/c1-4-7-10-13-16-19-22-25-27-29-30-31-32-33-34-35-36-37-38-39-40-41-42-43-44-46-47-49-52-55-58-61-64-67-73(76)79-70-71(69-78-72(75)66-63-60-57-54-51-24-21-18-15-12-9-6-3)80-74(77)68-65-62-59-56-53-50-48-45-28-26-23-20-17-14-11-8-5-2/h8,11,17,20,22,25-26,28-30,32-33,48,50,71H,4-7,9-10,12-16,18-19,21,23-24,27,31,34-47,49,51-70H2,1-3H3/b11-8-,20-17-,25-22-,28-26-,30-29-,33-32-,50-48-. The molecule has 0 radical (unpaired) electrons. The van der Waals surface area contributed by atoms with E-state index in [0.717, 1.165) is 109 Å². The molecule has 0 heterocycles. The fourth-order valence-electron chi connectivity index (χ4n) is 9.97. The Hall–Kier alpha value is -3.41. The molecule has 0 saturated carbocycles. The van der Waals surface area contributed by atoms with Gasteiger partial charge in [0.25, 0.3) is 0 Å². The molecule has 6 nitrogen and oxygen atoms in total. The summed E-state index contributed by atoms with van der Waals surface area (Å²) in [5, 5.41) is 0. The molecule has 0 aliphatic rings. The lowest BCUT2D eigenvalue weighted by molar-refractivity contribution is -0.167. The Kier molecular flexibility index (Phi) is 65.2. The first-order valence-electron chi connectivity index (χ1n) is 34.6. The Labute approximate surface area is 496 Å². The van der Waals surface area contributed by atoms with Crippen LogP contribution in [0.2, 0.25) is 0 Å². The van der Waals surface area contributed by atoms with E-state index in [9.17, 15) is 14.4 Å². The van der Waals surface area contributed by atoms with Gasteiger partial charge in [-0.25, -0.2) is 0 Å². The molecule has 462 valence electrons. The highest BCUT2D eigenvalue weighted by atomic mass is 16.6. The van der Waals surface area contributed by atoms with Crippen molar-refractivity contribution in [2.45, 2.75) is 354 Å². The van der Waals surface area contributed by atoms with Gasteiger partial charge >= 0.3 is 17.9 Å². The molecule has 6 heteroatoms. The quantitative estimate of drug-likeness (QED) is 0.0261. The largest absolute Gasteiger partial charge is 0.462 e. The summed E-state index contributed by atoms with van der Waals surface area (Å²) >= 11 is 0. The van der Waals surface area contributed by atoms with E-state index in [-0.39, 0.29) is 31.1 Å². The molecule has 0 aliphatic heterocycles. The van der Waals surface area contributed by atoms with Gasteiger partial charge in [0.1, 0.15) is 13.2 Å². The van der Waals surface area contributed by atoms with E-state index < -0.39 is 6.10 Å². The maximum Gasteiger partial charge on any atom is 0.306 e. The lowest BCUT2D eigenvalue weighted by Gasteiger charge is -2.18. The van der Waals surface area contributed by atoms with Crippen molar-refractivity contribution in [1.82, 2.24) is 0 Å². The molecular weight excluding hydrogens is 985 g/mol. The number of ether oxygens (including phenoxy) is 3. The van der Waals surface area contributed by atoms with Gasteiger partial charge in [0.15, 0.2) is 6.10 Å². The summed E-state index contributed by atoms with van der Waals surface area (Å²) in [5.41, 5.74) is 0. The summed E-state index contributed by atoms with van der Waals surface area (Å²) in [7, 11) is 0. The molecule has 0 N–H and O–H groups in total. The average molecular weight is 1120 g/mol. The van der Waals surface area contributed by atoms with Crippen LogP contribution < -0.4 is 0 Å². The van der Waals surface area contributed by atoms with E-state index in [2.05, 4.69) is 106 Å². The minimum atomic E-state index is -0.787. The number of hydrogen-bond acceptors (Lipinski definition) is 6. The third-order valence-electron chi connectivity index (χ3n) is 15.1. The minimum absolute atomic E-state index is 0.0822. The summed E-state index contributed by atoms with van der Waals surface area (Å²) in [6, 6.07) is 0. The Morgan fingerprint density at radius 2 is 0.487 bits per heavy atom. The summed E-state index contributed by atoms with van der Waals surface area (Å²) in [6.07, 6.45) is 90.5. The van der Waals surface area contributed by atoms with Crippen molar-refractivity contribution in [1.29, 1.82) is 0 Å². The van der Waals surface area contributed by atoms with Gasteiger partial charge in [0.05, 0.1) is 0 Å². The highest BCUT2D eigenvalue weighted by Crippen LogP contribution is 2.17. The van der Waals surface area contributed by atoms with Crippen LogP contribution in [0, 0.1) is 0 Å². The zero-order chi connectivity index (χ0) is 57.8. The van der Waals surface area contributed by atoms with Gasteiger partial charge in [0, 0.05) is 19.3 Å². The Morgan fingerprint density at radius 1 is 0.263 bits per heavy atom. The molecule has 80 heavy (non-hydrogen) atoms. The third-order valence-corrected chi connectivity index (χ3v) is 15.1. The Bertz CT molecular complexity index is 1520. The fraction of sp³-hybridized carbons (Fsp3) is 0.770. The van der Waals surface area contributed by atoms with Crippen LogP contribution in [0.15, 0.2) is 85.1 Å². The third kappa shape index (κ3) is 65.4. The van der Waals surface area contributed by atoms with Crippen molar-refractivity contribution >= 4 is 17.9 Å². The zero-order valence-electron chi connectivity index (χ0n) is 53.1. The van der Waals surface area contributed by atoms with E-state index in [1.54, 1.807) is 0 Å². The van der Waals surface area contributed by atoms with Gasteiger partial charge in [-0.1, -0.05) is 318 Å². The highest BCUT2D eigenvalue weighted by Gasteiger charge is 2.19. The van der Waals surface area contributed by atoms with Crippen molar-refractivity contribution in [2.24, 2.45) is 0 Å². The minimum Gasteiger partial charge on any atom is -0.462 e. The number of allylic oxidation sites excluding steroid dienone is 14. The van der Waals surface area contributed by atoms with E-state index in [4.69, 9.17) is 14.2 Å². The first-order valence-corrected chi connectivity index (χ1v) is 34.6. The van der Waals surface area contributed by atoms with E-state index >= 15 is 0 Å². The smallest absolute Gasteiger partial charge is 0.306 e. The Balaban J connectivity index is 4.16. The number of rotatable bonds is 63. The van der Waals surface area contributed by atoms with Crippen molar-refractivity contribution in [3.05, 3.63) is 85.1 Å². The second-order valence-corrected chi connectivity index (χ2v) is 23.1. The molecule has 0 aromatic carbocycles. The van der Waals surface area contributed by atoms with Crippen molar-refractivity contribution in [3.8, 4) is 0 Å². The van der Waals surface area contributed by atoms with Crippen LogP contribution in [0.25, 0.3) is 0 Å². The normalized spacial score (nSPS) is 12.6. The zero-order valence-corrected chi connectivity index (χ0v) is 53.1. The van der Waals surface area contributed by atoms with Gasteiger partial charge in [-0.2, -0.15) is 0 Å². The maximum atomic E-state index is 12.9. The monoisotopic (exact) mass is 1110 g/mol. The lowest BCUT2D eigenvalue weighted by atomic mass is 10.0. The predicted octanol–water partition coefficient (Wildman–Crippen LogP) is 23.8. The van der Waals surface area contributed by atoms with Crippen LogP contribution in [0.3, 0.4) is 0 Å². The van der Waals surface area contributed by atoms with Crippen molar-refractivity contribution < 1.29 is 28.6 Å². The SMILES string of the molecule is CC/C=C\C/C=C\C/C=C\C/C=C\CCCCCCC(=O)OC(COC(=O)CCCCCCCCCCCCCC)COC(=O)CCCCCCCCCCCCCCCCCCCC/C=C\C/C=C\C/C=C\CCCCCCC. The van der Waals surface area contributed by atoms with Crippen LogP contribution >= 0.6 is 0 Å². The van der Waals surface area contributed by atoms with Gasteiger partial charge in [-0.3, -0.25) is 14.4 Å².